The van der Waals surface area contributed by atoms with Gasteiger partial charge in [-0.2, -0.15) is 0 Å². The molecule has 0 radical (unpaired) electrons. The van der Waals surface area contributed by atoms with Gasteiger partial charge in [-0.15, -0.1) is 0 Å². The van der Waals surface area contributed by atoms with Crippen molar-refractivity contribution in [1.29, 1.82) is 0 Å². The van der Waals surface area contributed by atoms with Gasteiger partial charge in [0.2, 0.25) is 0 Å². The lowest BCUT2D eigenvalue weighted by Crippen LogP contribution is -2.40. The summed E-state index contributed by atoms with van der Waals surface area (Å²) in [4.78, 5) is 22.6. The molecular formula is C15H22O4. The van der Waals surface area contributed by atoms with Crippen molar-refractivity contribution in [2.24, 2.45) is 17.8 Å². The third-order valence-corrected chi connectivity index (χ3v) is 4.53. The number of fused-ring (bicyclic) bond motifs is 1. The van der Waals surface area contributed by atoms with Crippen molar-refractivity contribution in [2.75, 3.05) is 6.61 Å². The Balaban J connectivity index is 2.19. The molecule has 1 saturated heterocycles. The predicted molar refractivity (Wildman–Crippen MR) is 70.8 cm³/mol. The van der Waals surface area contributed by atoms with Gasteiger partial charge in [0, 0.05) is 18.8 Å². The second-order valence-corrected chi connectivity index (χ2v) is 5.87. The van der Waals surface area contributed by atoms with Crippen LogP contribution in [0.15, 0.2) is 12.2 Å². The Bertz CT molecular complexity index is 401. The van der Waals surface area contributed by atoms with E-state index in [9.17, 15) is 9.59 Å². The fourth-order valence-electron chi connectivity index (χ4n) is 3.57. The van der Waals surface area contributed by atoms with Crippen molar-refractivity contribution in [3.63, 3.8) is 0 Å². The molecule has 19 heavy (non-hydrogen) atoms. The highest BCUT2D eigenvalue weighted by Crippen LogP contribution is 2.48. The minimum absolute atomic E-state index is 0.0422. The largest absolute Gasteiger partial charge is 0.481 e. The van der Waals surface area contributed by atoms with Gasteiger partial charge in [0.05, 0.1) is 12.2 Å². The molecule has 0 aromatic heterocycles. The van der Waals surface area contributed by atoms with Gasteiger partial charge in [0.15, 0.2) is 5.78 Å². The van der Waals surface area contributed by atoms with Crippen LogP contribution in [0.5, 0.6) is 0 Å². The summed E-state index contributed by atoms with van der Waals surface area (Å²) in [5.41, 5.74) is -0.333. The number of hydrogen-bond donors (Lipinski definition) is 1. The van der Waals surface area contributed by atoms with E-state index >= 15 is 0 Å². The van der Waals surface area contributed by atoms with Crippen LogP contribution in [-0.4, -0.2) is 29.1 Å². The molecule has 0 amide bonds. The van der Waals surface area contributed by atoms with Gasteiger partial charge >= 0.3 is 5.97 Å². The lowest BCUT2D eigenvalue weighted by Gasteiger charge is -2.36. The molecule has 1 fully saturated rings. The number of rotatable bonds is 5. The maximum atomic E-state index is 11.7. The van der Waals surface area contributed by atoms with Crippen LogP contribution in [0.25, 0.3) is 0 Å². The van der Waals surface area contributed by atoms with Gasteiger partial charge in [-0.25, -0.2) is 0 Å². The summed E-state index contributed by atoms with van der Waals surface area (Å²) in [5.74, 6) is -0.302. The SMILES string of the molecule is CCCC12C=CC(=O)CC1C(C(C)CC(=O)O)CO2. The molecule has 0 aromatic carbocycles. The van der Waals surface area contributed by atoms with Gasteiger partial charge in [0.1, 0.15) is 0 Å². The second-order valence-electron chi connectivity index (χ2n) is 5.87. The number of carboxylic acids is 1. The van der Waals surface area contributed by atoms with Gasteiger partial charge < -0.3 is 9.84 Å². The molecule has 2 aliphatic rings. The molecule has 0 aromatic rings. The summed E-state index contributed by atoms with van der Waals surface area (Å²) in [6, 6.07) is 0. The molecule has 4 unspecified atom stereocenters. The summed E-state index contributed by atoms with van der Waals surface area (Å²) >= 11 is 0. The second kappa shape index (κ2) is 5.45. The zero-order valence-corrected chi connectivity index (χ0v) is 11.6. The molecule has 0 spiro atoms. The molecule has 0 saturated carbocycles. The first-order chi connectivity index (χ1) is 8.98. The highest BCUT2D eigenvalue weighted by molar-refractivity contribution is 5.91. The zero-order valence-electron chi connectivity index (χ0n) is 11.6. The Morgan fingerprint density at radius 2 is 2.37 bits per heavy atom. The number of ketones is 1. The summed E-state index contributed by atoms with van der Waals surface area (Å²) in [7, 11) is 0. The molecule has 4 nitrogen and oxygen atoms in total. The Morgan fingerprint density at radius 3 is 3.00 bits per heavy atom. The van der Waals surface area contributed by atoms with Crippen LogP contribution < -0.4 is 0 Å². The molecular weight excluding hydrogens is 244 g/mol. The molecule has 1 N–H and O–H groups in total. The molecule has 2 rings (SSSR count). The van der Waals surface area contributed by atoms with E-state index in [0.29, 0.717) is 13.0 Å². The van der Waals surface area contributed by atoms with Crippen LogP contribution in [0, 0.1) is 17.8 Å². The minimum atomic E-state index is -0.779. The van der Waals surface area contributed by atoms with Crippen molar-refractivity contribution in [1.82, 2.24) is 0 Å². The highest BCUT2D eigenvalue weighted by Gasteiger charge is 2.51. The molecule has 0 bridgehead atoms. The topological polar surface area (TPSA) is 63.6 Å². The van der Waals surface area contributed by atoms with Crippen LogP contribution >= 0.6 is 0 Å². The first kappa shape index (κ1) is 14.3. The van der Waals surface area contributed by atoms with E-state index in [-0.39, 0.29) is 35.6 Å². The van der Waals surface area contributed by atoms with E-state index in [2.05, 4.69) is 6.92 Å². The monoisotopic (exact) mass is 266 g/mol. The van der Waals surface area contributed by atoms with Crippen molar-refractivity contribution >= 4 is 11.8 Å². The number of allylic oxidation sites excluding steroid dienone is 1. The summed E-state index contributed by atoms with van der Waals surface area (Å²) in [6.45, 7) is 4.62. The third kappa shape index (κ3) is 2.73. The van der Waals surface area contributed by atoms with E-state index in [1.807, 2.05) is 13.0 Å². The Hall–Kier alpha value is -1.16. The van der Waals surface area contributed by atoms with Gasteiger partial charge in [-0.3, -0.25) is 9.59 Å². The molecule has 4 heteroatoms. The lowest BCUT2D eigenvalue weighted by molar-refractivity contribution is -0.138. The maximum Gasteiger partial charge on any atom is 0.303 e. The normalized spacial score (nSPS) is 35.2. The van der Waals surface area contributed by atoms with Crippen molar-refractivity contribution in [3.05, 3.63) is 12.2 Å². The van der Waals surface area contributed by atoms with Crippen LogP contribution in [0.1, 0.15) is 39.5 Å². The fraction of sp³-hybridized carbons (Fsp3) is 0.733. The standard InChI is InChI=1S/C15H22O4/c1-3-5-15-6-4-11(16)8-13(15)12(9-19-15)10(2)7-14(17)18/h4,6,10,12-13H,3,5,7-9H2,1-2H3,(H,17,18). The van der Waals surface area contributed by atoms with Crippen LogP contribution in [0.2, 0.25) is 0 Å². The molecule has 4 atom stereocenters. The number of carbonyl (C=O) groups excluding carboxylic acids is 1. The number of carboxylic acid groups (broad SMARTS) is 1. The van der Waals surface area contributed by atoms with E-state index in [0.717, 1.165) is 12.8 Å². The lowest BCUT2D eigenvalue weighted by atomic mass is 9.69. The van der Waals surface area contributed by atoms with Gasteiger partial charge in [0.25, 0.3) is 0 Å². The number of ether oxygens (including phenoxy) is 1. The number of hydrogen-bond acceptors (Lipinski definition) is 3. The van der Waals surface area contributed by atoms with Crippen molar-refractivity contribution in [3.8, 4) is 0 Å². The Kier molecular flexibility index (Phi) is 4.09. The van der Waals surface area contributed by atoms with Crippen LogP contribution in [0.4, 0.5) is 0 Å². The minimum Gasteiger partial charge on any atom is -0.481 e. The number of carbonyl (C=O) groups is 2. The fourth-order valence-corrected chi connectivity index (χ4v) is 3.57. The summed E-state index contributed by atoms with van der Waals surface area (Å²) in [6.07, 6.45) is 6.08. The average molecular weight is 266 g/mol. The molecule has 1 heterocycles. The summed E-state index contributed by atoms with van der Waals surface area (Å²) < 4.78 is 6.02. The zero-order chi connectivity index (χ0) is 14.0. The van der Waals surface area contributed by atoms with Crippen molar-refractivity contribution < 1.29 is 19.4 Å². The predicted octanol–water partition coefficient (Wildman–Crippen LogP) is 2.43. The third-order valence-electron chi connectivity index (χ3n) is 4.53. The van der Waals surface area contributed by atoms with Crippen LogP contribution in [-0.2, 0) is 14.3 Å². The molecule has 106 valence electrons. The van der Waals surface area contributed by atoms with E-state index in [1.165, 1.54) is 0 Å². The van der Waals surface area contributed by atoms with Crippen LogP contribution in [0.3, 0.4) is 0 Å². The Labute approximate surface area is 113 Å². The molecule has 1 aliphatic carbocycles. The van der Waals surface area contributed by atoms with Crippen molar-refractivity contribution in [2.45, 2.75) is 45.1 Å². The Morgan fingerprint density at radius 1 is 1.63 bits per heavy atom. The van der Waals surface area contributed by atoms with E-state index < -0.39 is 5.97 Å². The smallest absolute Gasteiger partial charge is 0.303 e. The molecule has 1 aliphatic heterocycles. The highest BCUT2D eigenvalue weighted by atomic mass is 16.5. The van der Waals surface area contributed by atoms with Gasteiger partial charge in [-0.1, -0.05) is 20.3 Å². The number of aliphatic carboxylic acids is 1. The average Bonchev–Trinajstić information content (AvgIpc) is 2.68. The quantitative estimate of drug-likeness (QED) is 0.830. The summed E-state index contributed by atoms with van der Waals surface area (Å²) in [5, 5.41) is 8.94. The maximum absolute atomic E-state index is 11.7. The van der Waals surface area contributed by atoms with E-state index in [4.69, 9.17) is 9.84 Å². The van der Waals surface area contributed by atoms with Gasteiger partial charge in [-0.05, 0) is 30.4 Å². The van der Waals surface area contributed by atoms with E-state index in [1.54, 1.807) is 6.08 Å². The first-order valence-corrected chi connectivity index (χ1v) is 7.06. The first-order valence-electron chi connectivity index (χ1n) is 7.06.